The summed E-state index contributed by atoms with van der Waals surface area (Å²) in [5, 5.41) is 13.4. The van der Waals surface area contributed by atoms with Crippen LogP contribution in [0.25, 0.3) is 11.3 Å². The van der Waals surface area contributed by atoms with Crippen LogP contribution in [0.1, 0.15) is 30.2 Å². The second kappa shape index (κ2) is 7.25. The minimum absolute atomic E-state index is 0.278. The molecule has 4 nitrogen and oxygen atoms in total. The van der Waals surface area contributed by atoms with Crippen LogP contribution in [0.3, 0.4) is 0 Å². The van der Waals surface area contributed by atoms with Gasteiger partial charge in [0.25, 0.3) is 6.01 Å². The molecule has 1 atom stereocenters. The van der Waals surface area contributed by atoms with Gasteiger partial charge in [-0.15, -0.1) is 0 Å². The molecular weight excluding hydrogens is 392 g/mol. The van der Waals surface area contributed by atoms with Gasteiger partial charge in [0.1, 0.15) is 0 Å². The van der Waals surface area contributed by atoms with Gasteiger partial charge in [0.2, 0.25) is 0 Å². The fourth-order valence-electron chi connectivity index (χ4n) is 3.47. The summed E-state index contributed by atoms with van der Waals surface area (Å²) in [6, 6.07) is 14.7. The van der Waals surface area contributed by atoms with E-state index in [4.69, 9.17) is 4.42 Å². The van der Waals surface area contributed by atoms with E-state index in [0.717, 1.165) is 52.0 Å². The number of anilines is 2. The quantitative estimate of drug-likeness (QED) is 0.613. The highest BCUT2D eigenvalue weighted by atomic mass is 79.9. The predicted molar refractivity (Wildman–Crippen MR) is 107 cm³/mol. The van der Waals surface area contributed by atoms with Crippen molar-refractivity contribution in [2.24, 2.45) is 0 Å². The number of benzene rings is 2. The number of halogens is 1. The van der Waals surface area contributed by atoms with Crippen molar-refractivity contribution in [3.8, 4) is 11.3 Å². The lowest BCUT2D eigenvalue weighted by atomic mass is 9.88. The van der Waals surface area contributed by atoms with E-state index in [0.29, 0.717) is 12.4 Å². The van der Waals surface area contributed by atoms with Gasteiger partial charge in [0.15, 0.2) is 5.76 Å². The summed E-state index contributed by atoms with van der Waals surface area (Å²) in [5.74, 6) is 0.798. The molecule has 0 radical (unpaired) electrons. The molecule has 2 aromatic carbocycles. The van der Waals surface area contributed by atoms with Gasteiger partial charge in [-0.3, -0.25) is 0 Å². The van der Waals surface area contributed by atoms with Crippen LogP contribution in [0, 0.1) is 0 Å². The van der Waals surface area contributed by atoms with Crippen LogP contribution in [0.2, 0.25) is 0 Å². The molecule has 2 N–H and O–H groups in total. The summed E-state index contributed by atoms with van der Waals surface area (Å²) >= 11 is 3.46. The molecule has 26 heavy (non-hydrogen) atoms. The third kappa shape index (κ3) is 3.41. The Kier molecular flexibility index (Phi) is 4.83. The van der Waals surface area contributed by atoms with E-state index < -0.39 is 0 Å². The van der Waals surface area contributed by atoms with E-state index >= 15 is 0 Å². The molecule has 134 valence electrons. The van der Waals surface area contributed by atoms with Crippen molar-refractivity contribution >= 4 is 27.6 Å². The number of fused-ring (bicyclic) bond motifs is 1. The Labute approximate surface area is 161 Å². The van der Waals surface area contributed by atoms with Crippen LogP contribution in [-0.4, -0.2) is 16.2 Å². The minimum Gasteiger partial charge on any atom is -0.423 e. The SMILES string of the molecule is CCc1nc(Nc2cccc3c2CC(O)CC3)oc1-c1ccc(Br)cc1. The van der Waals surface area contributed by atoms with Crippen molar-refractivity contribution < 1.29 is 9.52 Å². The van der Waals surface area contributed by atoms with Crippen molar-refractivity contribution in [1.29, 1.82) is 0 Å². The van der Waals surface area contributed by atoms with Gasteiger partial charge in [-0.1, -0.05) is 47.1 Å². The van der Waals surface area contributed by atoms with Crippen molar-refractivity contribution in [2.45, 2.75) is 38.7 Å². The summed E-state index contributed by atoms with van der Waals surface area (Å²) in [5.41, 5.74) is 5.35. The number of aromatic nitrogens is 1. The molecule has 0 fully saturated rings. The van der Waals surface area contributed by atoms with Crippen molar-refractivity contribution in [2.75, 3.05) is 5.32 Å². The molecule has 1 aromatic heterocycles. The fraction of sp³-hybridized carbons (Fsp3) is 0.286. The largest absolute Gasteiger partial charge is 0.423 e. The number of hydrogen-bond donors (Lipinski definition) is 2. The van der Waals surface area contributed by atoms with Gasteiger partial charge in [-0.05, 0) is 48.6 Å². The second-order valence-electron chi connectivity index (χ2n) is 6.62. The van der Waals surface area contributed by atoms with E-state index in [-0.39, 0.29) is 6.10 Å². The monoisotopic (exact) mass is 412 g/mol. The first-order valence-corrected chi connectivity index (χ1v) is 9.75. The Morgan fingerprint density at radius 1 is 1.23 bits per heavy atom. The fourth-order valence-corrected chi connectivity index (χ4v) is 3.74. The molecule has 1 aliphatic carbocycles. The van der Waals surface area contributed by atoms with Crippen LogP contribution in [0.4, 0.5) is 11.7 Å². The smallest absolute Gasteiger partial charge is 0.299 e. The zero-order valence-corrected chi connectivity index (χ0v) is 16.2. The Bertz CT molecular complexity index is 918. The molecule has 0 saturated carbocycles. The molecule has 3 aromatic rings. The summed E-state index contributed by atoms with van der Waals surface area (Å²) < 4.78 is 7.09. The van der Waals surface area contributed by atoms with Crippen LogP contribution in [0.5, 0.6) is 0 Å². The summed E-state index contributed by atoms with van der Waals surface area (Å²) in [4.78, 5) is 4.64. The highest BCUT2D eigenvalue weighted by Crippen LogP contribution is 2.33. The number of nitrogens with zero attached hydrogens (tertiary/aromatic N) is 1. The molecular formula is C21H21BrN2O2. The normalized spacial score (nSPS) is 16.3. The van der Waals surface area contributed by atoms with E-state index in [2.05, 4.69) is 39.2 Å². The Hall–Kier alpha value is -2.11. The molecule has 0 saturated heterocycles. The van der Waals surface area contributed by atoms with Gasteiger partial charge >= 0.3 is 0 Å². The minimum atomic E-state index is -0.278. The Morgan fingerprint density at radius 2 is 2.04 bits per heavy atom. The highest BCUT2D eigenvalue weighted by molar-refractivity contribution is 9.10. The number of hydrogen-bond acceptors (Lipinski definition) is 4. The van der Waals surface area contributed by atoms with Crippen molar-refractivity contribution in [3.05, 3.63) is 63.8 Å². The highest BCUT2D eigenvalue weighted by Gasteiger charge is 2.21. The third-order valence-electron chi connectivity index (χ3n) is 4.84. The number of rotatable bonds is 4. The molecule has 0 bridgehead atoms. The van der Waals surface area contributed by atoms with Gasteiger partial charge in [0, 0.05) is 22.1 Å². The number of nitrogens with one attached hydrogen (secondary N) is 1. The first-order valence-electron chi connectivity index (χ1n) is 8.95. The number of aryl methyl sites for hydroxylation is 2. The van der Waals surface area contributed by atoms with Crippen LogP contribution in [-0.2, 0) is 19.3 Å². The van der Waals surface area contributed by atoms with Gasteiger partial charge in [-0.25, -0.2) is 0 Å². The predicted octanol–water partition coefficient (Wildman–Crippen LogP) is 5.26. The molecule has 1 aliphatic rings. The molecule has 5 heteroatoms. The van der Waals surface area contributed by atoms with Crippen LogP contribution >= 0.6 is 15.9 Å². The number of aliphatic hydroxyl groups excluding tert-OH is 1. The maximum absolute atomic E-state index is 10.0. The lowest BCUT2D eigenvalue weighted by Crippen LogP contribution is -2.19. The molecule has 0 aliphatic heterocycles. The average Bonchev–Trinajstić information content (AvgIpc) is 3.06. The second-order valence-corrected chi connectivity index (χ2v) is 7.54. The van der Waals surface area contributed by atoms with E-state index in [1.807, 2.05) is 36.4 Å². The van der Waals surface area contributed by atoms with Gasteiger partial charge in [-0.2, -0.15) is 4.98 Å². The standard InChI is InChI=1S/C21H21BrN2O2/c1-2-18-20(14-6-9-15(22)10-7-14)26-21(23-18)24-19-5-3-4-13-8-11-16(25)12-17(13)19/h3-7,9-10,16,25H,2,8,11-12H2,1H3,(H,23,24). The Balaban J connectivity index is 1.67. The molecule has 0 amide bonds. The number of aliphatic hydroxyl groups is 1. The third-order valence-corrected chi connectivity index (χ3v) is 5.37. The molecule has 0 spiro atoms. The van der Waals surface area contributed by atoms with Crippen LogP contribution < -0.4 is 5.32 Å². The van der Waals surface area contributed by atoms with Crippen LogP contribution in [0.15, 0.2) is 51.4 Å². The first-order chi connectivity index (χ1) is 12.6. The Morgan fingerprint density at radius 3 is 2.81 bits per heavy atom. The maximum Gasteiger partial charge on any atom is 0.299 e. The lowest BCUT2D eigenvalue weighted by Gasteiger charge is -2.23. The van der Waals surface area contributed by atoms with E-state index in [1.54, 1.807) is 0 Å². The molecule has 1 heterocycles. The summed E-state index contributed by atoms with van der Waals surface area (Å²) in [6.07, 6.45) is 2.91. The first kappa shape index (κ1) is 17.3. The zero-order chi connectivity index (χ0) is 18.1. The number of oxazole rings is 1. The van der Waals surface area contributed by atoms with Gasteiger partial charge in [0.05, 0.1) is 11.8 Å². The van der Waals surface area contributed by atoms with Crippen molar-refractivity contribution in [1.82, 2.24) is 4.98 Å². The van der Waals surface area contributed by atoms with Gasteiger partial charge < -0.3 is 14.8 Å². The van der Waals surface area contributed by atoms with Crippen molar-refractivity contribution in [3.63, 3.8) is 0 Å². The average molecular weight is 413 g/mol. The molecule has 4 rings (SSSR count). The molecule has 1 unspecified atom stereocenters. The van der Waals surface area contributed by atoms with E-state index in [1.165, 1.54) is 5.56 Å². The summed E-state index contributed by atoms with van der Waals surface area (Å²) in [7, 11) is 0. The topological polar surface area (TPSA) is 58.3 Å². The maximum atomic E-state index is 10.0. The summed E-state index contributed by atoms with van der Waals surface area (Å²) in [6.45, 7) is 2.07. The lowest BCUT2D eigenvalue weighted by molar-refractivity contribution is 0.159. The van der Waals surface area contributed by atoms with E-state index in [9.17, 15) is 5.11 Å². The zero-order valence-electron chi connectivity index (χ0n) is 14.6.